The summed E-state index contributed by atoms with van der Waals surface area (Å²) in [4.78, 5) is 11.2. The van der Waals surface area contributed by atoms with Gasteiger partial charge >= 0.3 is 0 Å². The molecule has 0 spiro atoms. The Kier molecular flexibility index (Phi) is 6.25. The van der Waals surface area contributed by atoms with Gasteiger partial charge in [-0.1, -0.05) is 19.1 Å². The van der Waals surface area contributed by atoms with Crippen molar-refractivity contribution in [2.24, 2.45) is 5.73 Å². The number of benzene rings is 1. The van der Waals surface area contributed by atoms with E-state index in [0.29, 0.717) is 18.7 Å². The maximum atomic E-state index is 12.5. The number of anilines is 1. The first-order valence-corrected chi connectivity index (χ1v) is 8.28. The van der Waals surface area contributed by atoms with Gasteiger partial charge in [-0.05, 0) is 30.7 Å². The standard InChI is InChI=1S/C13H19N3O3S2/c1-3-8-16(9-13(14)20)21(18,19)12-6-4-11(5-7-12)15-10(2)17/h4-7H,3,8-9H2,1-2H3,(H2,14,20)(H,15,17). The fourth-order valence-corrected chi connectivity index (χ4v) is 3.52. The van der Waals surface area contributed by atoms with Crippen molar-refractivity contribution in [1.82, 2.24) is 4.31 Å². The van der Waals surface area contributed by atoms with Crippen molar-refractivity contribution >= 4 is 38.8 Å². The van der Waals surface area contributed by atoms with Crippen LogP contribution in [0.4, 0.5) is 5.69 Å². The summed E-state index contributed by atoms with van der Waals surface area (Å²) in [5, 5.41) is 2.58. The molecule has 116 valence electrons. The number of carbonyl (C=O) groups is 1. The SMILES string of the molecule is CCCN(CC(N)=S)S(=O)(=O)c1ccc(NC(C)=O)cc1. The van der Waals surface area contributed by atoms with Gasteiger partial charge in [0.25, 0.3) is 0 Å². The first-order valence-electron chi connectivity index (χ1n) is 6.43. The zero-order valence-corrected chi connectivity index (χ0v) is 13.6. The first-order chi connectivity index (χ1) is 9.77. The normalized spacial score (nSPS) is 11.4. The number of thiocarbonyl (C=S) groups is 1. The molecule has 6 nitrogen and oxygen atoms in total. The van der Waals surface area contributed by atoms with Gasteiger partial charge in [-0.2, -0.15) is 4.31 Å². The second-order valence-corrected chi connectivity index (χ2v) is 6.97. The maximum Gasteiger partial charge on any atom is 0.243 e. The highest BCUT2D eigenvalue weighted by molar-refractivity contribution is 7.89. The molecule has 0 heterocycles. The van der Waals surface area contributed by atoms with Crippen LogP contribution < -0.4 is 11.1 Å². The second-order valence-electron chi connectivity index (χ2n) is 4.51. The van der Waals surface area contributed by atoms with Gasteiger partial charge in [0.1, 0.15) is 0 Å². The number of sulfonamides is 1. The van der Waals surface area contributed by atoms with Crippen molar-refractivity contribution in [1.29, 1.82) is 0 Å². The van der Waals surface area contributed by atoms with E-state index in [1.54, 1.807) is 12.1 Å². The Balaban J connectivity index is 3.04. The number of nitrogens with two attached hydrogens (primary N) is 1. The van der Waals surface area contributed by atoms with E-state index < -0.39 is 10.0 Å². The van der Waals surface area contributed by atoms with Crippen LogP contribution in [0.1, 0.15) is 20.3 Å². The number of hydrogen-bond acceptors (Lipinski definition) is 4. The molecule has 1 aromatic rings. The highest BCUT2D eigenvalue weighted by Crippen LogP contribution is 2.18. The average Bonchev–Trinajstić information content (AvgIpc) is 2.37. The van der Waals surface area contributed by atoms with Gasteiger partial charge in [-0.3, -0.25) is 4.79 Å². The zero-order valence-electron chi connectivity index (χ0n) is 12.0. The molecule has 1 rings (SSSR count). The summed E-state index contributed by atoms with van der Waals surface area (Å²) in [5.41, 5.74) is 5.99. The zero-order chi connectivity index (χ0) is 16.0. The molecule has 0 atom stereocenters. The van der Waals surface area contributed by atoms with Crippen LogP contribution in [-0.2, 0) is 14.8 Å². The van der Waals surface area contributed by atoms with Gasteiger partial charge in [-0.25, -0.2) is 8.42 Å². The maximum absolute atomic E-state index is 12.5. The Labute approximate surface area is 130 Å². The third kappa shape index (κ3) is 5.07. The fraction of sp³-hybridized carbons (Fsp3) is 0.385. The van der Waals surface area contributed by atoms with Crippen molar-refractivity contribution < 1.29 is 13.2 Å². The summed E-state index contributed by atoms with van der Waals surface area (Å²) >= 11 is 4.80. The number of nitrogens with one attached hydrogen (secondary N) is 1. The van der Waals surface area contributed by atoms with Crippen molar-refractivity contribution in [3.05, 3.63) is 24.3 Å². The van der Waals surface area contributed by atoms with Crippen LogP contribution in [0.25, 0.3) is 0 Å². The lowest BCUT2D eigenvalue weighted by atomic mass is 10.3. The van der Waals surface area contributed by atoms with Gasteiger partial charge in [0.2, 0.25) is 15.9 Å². The van der Waals surface area contributed by atoms with Gasteiger partial charge < -0.3 is 11.1 Å². The molecular weight excluding hydrogens is 310 g/mol. The van der Waals surface area contributed by atoms with Gasteiger partial charge in [0.15, 0.2) is 0 Å². The van der Waals surface area contributed by atoms with E-state index in [0.717, 1.165) is 0 Å². The predicted octanol–water partition coefficient (Wildman–Crippen LogP) is 1.33. The topological polar surface area (TPSA) is 92.5 Å². The van der Waals surface area contributed by atoms with E-state index in [9.17, 15) is 13.2 Å². The Morgan fingerprint density at radius 1 is 1.33 bits per heavy atom. The molecule has 21 heavy (non-hydrogen) atoms. The molecule has 0 bridgehead atoms. The number of hydrogen-bond donors (Lipinski definition) is 2. The summed E-state index contributed by atoms with van der Waals surface area (Å²) < 4.78 is 26.3. The number of carbonyl (C=O) groups excluding carboxylic acids is 1. The molecular formula is C13H19N3O3S2. The Hall–Kier alpha value is -1.51. The number of nitrogens with zero attached hydrogens (tertiary/aromatic N) is 1. The number of amides is 1. The highest BCUT2D eigenvalue weighted by atomic mass is 32.2. The Bertz CT molecular complexity index is 612. The lowest BCUT2D eigenvalue weighted by Crippen LogP contribution is -2.38. The summed E-state index contributed by atoms with van der Waals surface area (Å²) in [6.07, 6.45) is 0.659. The van der Waals surface area contributed by atoms with Crippen LogP contribution in [0.2, 0.25) is 0 Å². The monoisotopic (exact) mass is 329 g/mol. The molecule has 0 fully saturated rings. The molecule has 0 radical (unpaired) electrons. The molecule has 1 amide bonds. The summed E-state index contributed by atoms with van der Waals surface area (Å²) in [6.45, 7) is 3.61. The largest absolute Gasteiger partial charge is 0.392 e. The molecule has 8 heteroatoms. The molecule has 3 N–H and O–H groups in total. The van der Waals surface area contributed by atoms with E-state index in [4.69, 9.17) is 18.0 Å². The van der Waals surface area contributed by atoms with E-state index in [1.165, 1.54) is 23.4 Å². The first kappa shape index (κ1) is 17.5. The van der Waals surface area contributed by atoms with Crippen LogP contribution in [-0.4, -0.2) is 36.7 Å². The molecule has 0 saturated carbocycles. The van der Waals surface area contributed by atoms with Crippen LogP contribution >= 0.6 is 12.2 Å². The predicted molar refractivity (Wildman–Crippen MR) is 86.6 cm³/mol. The van der Waals surface area contributed by atoms with Crippen molar-refractivity contribution in [2.75, 3.05) is 18.4 Å². The van der Waals surface area contributed by atoms with Gasteiger partial charge in [0.05, 0.1) is 16.4 Å². The summed E-state index contributed by atoms with van der Waals surface area (Å²) in [6, 6.07) is 5.98. The molecule has 0 aromatic heterocycles. The van der Waals surface area contributed by atoms with E-state index in [2.05, 4.69) is 5.32 Å². The molecule has 0 aliphatic heterocycles. The minimum absolute atomic E-state index is 0.0129. The summed E-state index contributed by atoms with van der Waals surface area (Å²) in [7, 11) is -3.65. The van der Waals surface area contributed by atoms with Gasteiger partial charge in [-0.15, -0.1) is 0 Å². The summed E-state index contributed by atoms with van der Waals surface area (Å²) in [5.74, 6) is -0.216. The number of rotatable bonds is 7. The van der Waals surface area contributed by atoms with Crippen LogP contribution in [0.15, 0.2) is 29.2 Å². The molecule has 0 unspecified atom stereocenters. The molecule has 1 aromatic carbocycles. The lowest BCUT2D eigenvalue weighted by Gasteiger charge is -2.21. The third-order valence-corrected chi connectivity index (χ3v) is 4.61. The highest BCUT2D eigenvalue weighted by Gasteiger charge is 2.24. The van der Waals surface area contributed by atoms with Gasteiger partial charge in [0, 0.05) is 19.2 Å². The third-order valence-electron chi connectivity index (χ3n) is 2.62. The smallest absolute Gasteiger partial charge is 0.243 e. The van der Waals surface area contributed by atoms with Crippen molar-refractivity contribution in [3.63, 3.8) is 0 Å². The molecule has 0 aliphatic carbocycles. The minimum Gasteiger partial charge on any atom is -0.392 e. The second kappa shape index (κ2) is 7.48. The van der Waals surface area contributed by atoms with E-state index in [-0.39, 0.29) is 22.3 Å². The van der Waals surface area contributed by atoms with Crippen LogP contribution in [0.3, 0.4) is 0 Å². The van der Waals surface area contributed by atoms with E-state index >= 15 is 0 Å². The Morgan fingerprint density at radius 2 is 1.90 bits per heavy atom. The van der Waals surface area contributed by atoms with Crippen LogP contribution in [0, 0.1) is 0 Å². The van der Waals surface area contributed by atoms with Crippen molar-refractivity contribution in [2.45, 2.75) is 25.2 Å². The molecule has 0 aliphatic rings. The average molecular weight is 329 g/mol. The van der Waals surface area contributed by atoms with Crippen LogP contribution in [0.5, 0.6) is 0 Å². The lowest BCUT2D eigenvalue weighted by molar-refractivity contribution is -0.114. The van der Waals surface area contributed by atoms with E-state index in [1.807, 2.05) is 6.92 Å². The fourth-order valence-electron chi connectivity index (χ4n) is 1.77. The Morgan fingerprint density at radius 3 is 2.33 bits per heavy atom. The molecule has 0 saturated heterocycles. The quantitative estimate of drug-likeness (QED) is 0.736. The van der Waals surface area contributed by atoms with Crippen molar-refractivity contribution in [3.8, 4) is 0 Å². The minimum atomic E-state index is -3.65.